The van der Waals surface area contributed by atoms with Gasteiger partial charge in [0.2, 0.25) is 0 Å². The summed E-state index contributed by atoms with van der Waals surface area (Å²) in [4.78, 5) is 26.5. The fourth-order valence-corrected chi connectivity index (χ4v) is 4.19. The van der Waals surface area contributed by atoms with E-state index >= 15 is 0 Å². The second-order valence-electron chi connectivity index (χ2n) is 7.95. The molecule has 158 valence electrons. The quantitative estimate of drug-likeness (QED) is 0.543. The first-order valence-corrected chi connectivity index (χ1v) is 10.1. The van der Waals surface area contributed by atoms with Gasteiger partial charge in [0, 0.05) is 36.3 Å². The third kappa shape index (κ3) is 2.94. The van der Waals surface area contributed by atoms with Crippen LogP contribution in [-0.4, -0.2) is 38.9 Å². The number of hydrogen-bond acceptors (Lipinski definition) is 5. The summed E-state index contributed by atoms with van der Waals surface area (Å²) >= 11 is 0. The van der Waals surface area contributed by atoms with E-state index in [0.29, 0.717) is 39.4 Å². The number of hydrogen-bond donors (Lipinski definition) is 1. The highest BCUT2D eigenvalue weighted by atomic mass is 16.5. The molecule has 1 aromatic carbocycles. The third-order valence-electron chi connectivity index (χ3n) is 6.01. The average Bonchev–Trinajstić information content (AvgIpc) is 3.23. The first kappa shape index (κ1) is 19.2. The molecule has 0 aliphatic carbocycles. The largest absolute Gasteiger partial charge is 0.460 e. The van der Waals surface area contributed by atoms with E-state index in [1.54, 1.807) is 48.1 Å². The van der Waals surface area contributed by atoms with Crippen molar-refractivity contribution in [1.82, 2.24) is 14.5 Å². The Morgan fingerprint density at radius 2 is 2.06 bits per heavy atom. The summed E-state index contributed by atoms with van der Waals surface area (Å²) in [5.41, 5.74) is 8.53. The van der Waals surface area contributed by atoms with Crippen molar-refractivity contribution in [3.63, 3.8) is 0 Å². The molecule has 2 amide bonds. The van der Waals surface area contributed by atoms with Crippen LogP contribution >= 0.6 is 0 Å². The molecule has 0 spiro atoms. The molecule has 2 N–H and O–H groups in total. The van der Waals surface area contributed by atoms with Crippen LogP contribution in [0.5, 0.6) is 11.5 Å². The smallest absolute Gasteiger partial charge is 0.256 e. The van der Waals surface area contributed by atoms with Crippen LogP contribution < -0.4 is 10.5 Å². The summed E-state index contributed by atoms with van der Waals surface area (Å²) in [6.07, 6.45) is 4.41. The summed E-state index contributed by atoms with van der Waals surface area (Å²) in [5, 5.41) is 5.00. The molecule has 5 rings (SSSR count). The molecule has 31 heavy (non-hydrogen) atoms. The Balaban J connectivity index is 1.53. The second kappa shape index (κ2) is 6.87. The first-order chi connectivity index (χ1) is 14.8. The summed E-state index contributed by atoms with van der Waals surface area (Å²) in [6.45, 7) is 6.43. The zero-order valence-electron chi connectivity index (χ0n) is 17.5. The van der Waals surface area contributed by atoms with E-state index in [2.05, 4.69) is 12.0 Å². The summed E-state index contributed by atoms with van der Waals surface area (Å²) in [7, 11) is 0. The Morgan fingerprint density at radius 1 is 1.26 bits per heavy atom. The fourth-order valence-electron chi connectivity index (χ4n) is 4.19. The van der Waals surface area contributed by atoms with Gasteiger partial charge in [-0.2, -0.15) is 5.10 Å². The number of aromatic nitrogens is 2. The molecule has 1 aliphatic heterocycles. The van der Waals surface area contributed by atoms with E-state index < -0.39 is 5.91 Å². The van der Waals surface area contributed by atoms with Crippen molar-refractivity contribution in [3.05, 3.63) is 59.1 Å². The lowest BCUT2D eigenvalue weighted by Crippen LogP contribution is -2.49. The van der Waals surface area contributed by atoms with Crippen LogP contribution in [0.1, 0.15) is 45.4 Å². The molecule has 4 aromatic rings. The fraction of sp³-hybridized carbons (Fsp3) is 0.261. The Kier molecular flexibility index (Phi) is 4.25. The van der Waals surface area contributed by atoms with E-state index in [9.17, 15) is 9.59 Å². The second-order valence-corrected chi connectivity index (χ2v) is 7.95. The average molecular weight is 418 g/mol. The number of furan rings is 1. The molecule has 3 aromatic heterocycles. The molecular weight excluding hydrogens is 396 g/mol. The molecule has 8 heteroatoms. The Morgan fingerprint density at radius 3 is 2.74 bits per heavy atom. The van der Waals surface area contributed by atoms with Crippen LogP contribution in [0.3, 0.4) is 0 Å². The third-order valence-corrected chi connectivity index (χ3v) is 6.01. The molecule has 1 atom stereocenters. The van der Waals surface area contributed by atoms with Gasteiger partial charge in [0.05, 0.1) is 17.3 Å². The van der Waals surface area contributed by atoms with Gasteiger partial charge in [-0.1, -0.05) is 0 Å². The molecule has 0 radical (unpaired) electrons. The number of aryl methyl sites for hydroxylation is 2. The van der Waals surface area contributed by atoms with Gasteiger partial charge in [-0.15, -0.1) is 0 Å². The maximum Gasteiger partial charge on any atom is 0.256 e. The molecule has 1 unspecified atom stereocenters. The van der Waals surface area contributed by atoms with Crippen molar-refractivity contribution in [1.29, 1.82) is 0 Å². The molecule has 4 heterocycles. The number of amides is 2. The van der Waals surface area contributed by atoms with Crippen molar-refractivity contribution in [3.8, 4) is 11.5 Å². The van der Waals surface area contributed by atoms with Crippen molar-refractivity contribution in [2.45, 2.75) is 33.2 Å². The lowest BCUT2D eigenvalue weighted by Gasteiger charge is -2.38. The molecular formula is C23H22N4O4. The number of rotatable bonds is 4. The van der Waals surface area contributed by atoms with Gasteiger partial charge in [-0.05, 0) is 44.9 Å². The predicted octanol–water partition coefficient (Wildman–Crippen LogP) is 3.82. The number of ether oxygens (including phenoxy) is 1. The van der Waals surface area contributed by atoms with Gasteiger partial charge < -0.3 is 19.8 Å². The SMILES string of the molecule is Cc1oc2cc(Oc3ccnn4cc(C(=O)N5CCC5C)c(C)c34)ccc2c1C(N)=O. The van der Waals surface area contributed by atoms with Crippen molar-refractivity contribution in [2.24, 2.45) is 5.73 Å². The van der Waals surface area contributed by atoms with Gasteiger partial charge in [-0.3, -0.25) is 9.59 Å². The Labute approximate surface area is 178 Å². The number of carbonyl (C=O) groups excluding carboxylic acids is 2. The zero-order chi connectivity index (χ0) is 21.9. The lowest BCUT2D eigenvalue weighted by molar-refractivity contribution is 0.0501. The molecule has 8 nitrogen and oxygen atoms in total. The Bertz CT molecular complexity index is 1370. The first-order valence-electron chi connectivity index (χ1n) is 10.1. The van der Waals surface area contributed by atoms with Crippen molar-refractivity contribution >= 4 is 28.3 Å². The molecule has 1 aliphatic rings. The van der Waals surface area contributed by atoms with Crippen LogP contribution in [0.15, 0.2) is 41.1 Å². The number of primary amides is 1. The minimum absolute atomic E-state index is 0.0131. The minimum Gasteiger partial charge on any atom is -0.460 e. The maximum atomic E-state index is 12.9. The minimum atomic E-state index is -0.529. The topological polar surface area (TPSA) is 103 Å². The predicted molar refractivity (Wildman–Crippen MR) is 115 cm³/mol. The molecule has 1 saturated heterocycles. The monoisotopic (exact) mass is 418 g/mol. The maximum absolute atomic E-state index is 12.9. The zero-order valence-corrected chi connectivity index (χ0v) is 17.5. The summed E-state index contributed by atoms with van der Waals surface area (Å²) in [5.74, 6) is 1.06. The highest BCUT2D eigenvalue weighted by Gasteiger charge is 2.31. The van der Waals surface area contributed by atoms with Gasteiger partial charge >= 0.3 is 0 Å². The molecule has 1 fully saturated rings. The lowest BCUT2D eigenvalue weighted by atomic mass is 10.0. The van der Waals surface area contributed by atoms with Gasteiger partial charge in [0.25, 0.3) is 11.8 Å². The molecule has 0 saturated carbocycles. The van der Waals surface area contributed by atoms with Crippen LogP contribution in [0.4, 0.5) is 0 Å². The normalized spacial score (nSPS) is 16.0. The van der Waals surface area contributed by atoms with E-state index in [1.807, 2.05) is 11.8 Å². The van der Waals surface area contributed by atoms with Crippen LogP contribution in [0, 0.1) is 13.8 Å². The van der Waals surface area contributed by atoms with Gasteiger partial charge in [-0.25, -0.2) is 4.52 Å². The number of carbonyl (C=O) groups is 2. The van der Waals surface area contributed by atoms with E-state index in [0.717, 1.165) is 24.0 Å². The standard InChI is InChI=1S/C23H22N4O4/c1-12-7-9-26(12)23(29)17-11-27-21(13(17)2)18(6-8-25-27)31-15-4-5-16-19(10-15)30-14(3)20(16)22(24)28/h4-6,8,10-12H,7,9H2,1-3H3,(H2,24,28). The number of likely N-dealkylation sites (tertiary alicyclic amines) is 1. The number of nitrogens with zero attached hydrogens (tertiary/aromatic N) is 3. The number of benzene rings is 1. The van der Waals surface area contributed by atoms with Crippen LogP contribution in [-0.2, 0) is 0 Å². The van der Waals surface area contributed by atoms with Crippen LogP contribution in [0.25, 0.3) is 16.5 Å². The van der Waals surface area contributed by atoms with Gasteiger partial charge in [0.15, 0.2) is 5.75 Å². The number of fused-ring (bicyclic) bond motifs is 2. The molecule has 0 bridgehead atoms. The van der Waals surface area contributed by atoms with Crippen LogP contribution in [0.2, 0.25) is 0 Å². The summed E-state index contributed by atoms with van der Waals surface area (Å²) in [6, 6.07) is 7.25. The highest BCUT2D eigenvalue weighted by molar-refractivity contribution is 6.06. The van der Waals surface area contributed by atoms with Gasteiger partial charge in [0.1, 0.15) is 22.6 Å². The Hall–Kier alpha value is -3.81. The van der Waals surface area contributed by atoms with E-state index in [-0.39, 0.29) is 11.9 Å². The summed E-state index contributed by atoms with van der Waals surface area (Å²) < 4.78 is 13.5. The van der Waals surface area contributed by atoms with Crippen molar-refractivity contribution in [2.75, 3.05) is 6.54 Å². The highest BCUT2D eigenvalue weighted by Crippen LogP contribution is 2.34. The van der Waals surface area contributed by atoms with Crippen molar-refractivity contribution < 1.29 is 18.7 Å². The number of nitrogens with two attached hydrogens (primary N) is 1. The van der Waals surface area contributed by atoms with E-state index in [1.165, 1.54) is 0 Å². The van der Waals surface area contributed by atoms with E-state index in [4.69, 9.17) is 14.9 Å².